The third-order valence-electron chi connectivity index (χ3n) is 5.21. The van der Waals surface area contributed by atoms with Crippen molar-refractivity contribution in [3.63, 3.8) is 0 Å². The van der Waals surface area contributed by atoms with E-state index in [0.717, 1.165) is 23.9 Å². The number of amides is 1. The summed E-state index contributed by atoms with van der Waals surface area (Å²) in [6.45, 7) is 1.78. The van der Waals surface area contributed by atoms with E-state index in [2.05, 4.69) is 11.4 Å². The molecule has 1 saturated heterocycles. The van der Waals surface area contributed by atoms with E-state index in [1.165, 1.54) is 0 Å². The smallest absolute Gasteiger partial charge is 0.240 e. The van der Waals surface area contributed by atoms with Gasteiger partial charge in [0, 0.05) is 43.3 Å². The molecule has 122 valence electrons. The van der Waals surface area contributed by atoms with Crippen LogP contribution in [0.4, 0.5) is 0 Å². The Morgan fingerprint density at radius 2 is 2.26 bits per heavy atom. The van der Waals surface area contributed by atoms with Crippen LogP contribution in [0.15, 0.2) is 36.5 Å². The lowest BCUT2D eigenvalue weighted by Gasteiger charge is -2.47. The van der Waals surface area contributed by atoms with Crippen molar-refractivity contribution < 1.29 is 14.3 Å². The molecule has 2 aromatic rings. The fourth-order valence-electron chi connectivity index (χ4n) is 4.10. The highest BCUT2D eigenvalue weighted by Crippen LogP contribution is 2.43. The molecule has 4 rings (SSSR count). The third kappa shape index (κ3) is 2.54. The van der Waals surface area contributed by atoms with Crippen molar-refractivity contribution in [1.29, 1.82) is 0 Å². The minimum absolute atomic E-state index is 0.0582. The van der Waals surface area contributed by atoms with Crippen molar-refractivity contribution >= 4 is 16.8 Å². The number of methoxy groups -OCH3 is 1. The van der Waals surface area contributed by atoms with Crippen LogP contribution >= 0.6 is 0 Å². The minimum atomic E-state index is 0.0582. The van der Waals surface area contributed by atoms with E-state index in [0.29, 0.717) is 19.1 Å². The lowest BCUT2D eigenvalue weighted by atomic mass is 9.67. The minimum Gasteiger partial charge on any atom is -0.384 e. The predicted molar refractivity (Wildman–Crippen MR) is 87.1 cm³/mol. The molecule has 2 heterocycles. The number of ether oxygens (including phenoxy) is 2. The number of benzene rings is 1. The van der Waals surface area contributed by atoms with Gasteiger partial charge in [0.25, 0.3) is 0 Å². The average Bonchev–Trinajstić information content (AvgIpc) is 3.16. The Hall–Kier alpha value is -1.85. The first-order valence-corrected chi connectivity index (χ1v) is 8.21. The van der Waals surface area contributed by atoms with Crippen LogP contribution in [-0.2, 0) is 20.8 Å². The number of nitrogens with zero attached hydrogens (tertiary/aromatic N) is 1. The highest BCUT2D eigenvalue weighted by molar-refractivity contribution is 5.83. The number of carbonyl (C=O) groups excluding carboxylic acids is 1. The van der Waals surface area contributed by atoms with E-state index in [9.17, 15) is 4.79 Å². The molecule has 1 aliphatic heterocycles. The van der Waals surface area contributed by atoms with Gasteiger partial charge in [-0.25, -0.2) is 0 Å². The van der Waals surface area contributed by atoms with Gasteiger partial charge in [-0.2, -0.15) is 0 Å². The zero-order valence-electron chi connectivity index (χ0n) is 13.3. The molecule has 1 saturated carbocycles. The molecule has 23 heavy (non-hydrogen) atoms. The van der Waals surface area contributed by atoms with E-state index < -0.39 is 0 Å². The summed E-state index contributed by atoms with van der Waals surface area (Å²) in [6, 6.07) is 10.3. The molecule has 0 spiro atoms. The van der Waals surface area contributed by atoms with Crippen LogP contribution in [0.2, 0.25) is 0 Å². The molecule has 4 atom stereocenters. The summed E-state index contributed by atoms with van der Waals surface area (Å²) < 4.78 is 13.0. The molecule has 1 amide bonds. The van der Waals surface area contributed by atoms with Gasteiger partial charge >= 0.3 is 0 Å². The number of nitrogens with one attached hydrogen (secondary N) is 1. The van der Waals surface area contributed by atoms with Crippen molar-refractivity contribution in [2.24, 2.45) is 11.8 Å². The molecule has 0 bridgehead atoms. The van der Waals surface area contributed by atoms with Crippen LogP contribution in [0.5, 0.6) is 0 Å². The van der Waals surface area contributed by atoms with E-state index in [4.69, 9.17) is 9.47 Å². The SMILES string of the molecule is COC[C@@H]1[C@H](NC(=O)Cn2ccc3ccccc32)[C@@H]2CCO[C@H]12. The number of hydrogen-bond donors (Lipinski definition) is 1. The molecule has 1 aliphatic carbocycles. The van der Waals surface area contributed by atoms with Crippen molar-refractivity contribution in [3.8, 4) is 0 Å². The average molecular weight is 314 g/mol. The van der Waals surface area contributed by atoms with Gasteiger partial charge in [-0.1, -0.05) is 18.2 Å². The van der Waals surface area contributed by atoms with Crippen molar-refractivity contribution in [1.82, 2.24) is 9.88 Å². The lowest BCUT2D eigenvalue weighted by molar-refractivity contribution is -0.130. The summed E-state index contributed by atoms with van der Waals surface area (Å²) in [5.74, 6) is 0.779. The third-order valence-corrected chi connectivity index (χ3v) is 5.21. The topological polar surface area (TPSA) is 52.5 Å². The Kier molecular flexibility index (Phi) is 3.83. The summed E-state index contributed by atoms with van der Waals surface area (Å²) in [4.78, 5) is 12.5. The van der Waals surface area contributed by atoms with Gasteiger partial charge in [0.15, 0.2) is 0 Å². The van der Waals surface area contributed by atoms with Gasteiger partial charge in [0.05, 0.1) is 12.7 Å². The van der Waals surface area contributed by atoms with E-state index >= 15 is 0 Å². The number of fused-ring (bicyclic) bond motifs is 2. The van der Waals surface area contributed by atoms with Crippen LogP contribution in [0.25, 0.3) is 10.9 Å². The van der Waals surface area contributed by atoms with Crippen LogP contribution in [0.1, 0.15) is 6.42 Å². The molecule has 1 aromatic carbocycles. The Labute approximate surface area is 135 Å². The number of aromatic nitrogens is 1. The molecular formula is C18H22N2O3. The number of para-hydroxylation sites is 1. The first kappa shape index (κ1) is 14.7. The zero-order chi connectivity index (χ0) is 15.8. The Morgan fingerprint density at radius 1 is 1.39 bits per heavy atom. The predicted octanol–water partition coefficient (Wildman–Crippen LogP) is 1.81. The number of rotatable bonds is 5. The van der Waals surface area contributed by atoms with Gasteiger partial charge < -0.3 is 19.4 Å². The molecule has 2 fully saturated rings. The fraction of sp³-hybridized carbons (Fsp3) is 0.500. The Bertz CT molecular complexity index is 711. The summed E-state index contributed by atoms with van der Waals surface area (Å²) in [5, 5.41) is 4.36. The van der Waals surface area contributed by atoms with Gasteiger partial charge in [-0.3, -0.25) is 4.79 Å². The number of hydrogen-bond acceptors (Lipinski definition) is 3. The second-order valence-corrected chi connectivity index (χ2v) is 6.50. The molecular weight excluding hydrogens is 292 g/mol. The molecule has 1 aromatic heterocycles. The first-order valence-electron chi connectivity index (χ1n) is 8.21. The van der Waals surface area contributed by atoms with Crippen LogP contribution in [0, 0.1) is 11.8 Å². The normalized spacial score (nSPS) is 29.3. The fourth-order valence-corrected chi connectivity index (χ4v) is 4.10. The second kappa shape index (κ2) is 5.98. The summed E-state index contributed by atoms with van der Waals surface area (Å²) in [5.41, 5.74) is 1.09. The molecule has 0 unspecified atom stereocenters. The van der Waals surface area contributed by atoms with Crippen LogP contribution < -0.4 is 5.32 Å². The quantitative estimate of drug-likeness (QED) is 0.916. The van der Waals surface area contributed by atoms with Gasteiger partial charge in [-0.05, 0) is 23.9 Å². The number of carbonyl (C=O) groups is 1. The summed E-state index contributed by atoms with van der Waals surface area (Å²) >= 11 is 0. The molecule has 1 N–H and O–H groups in total. The highest BCUT2D eigenvalue weighted by Gasteiger charge is 2.54. The molecule has 5 heteroatoms. The maximum atomic E-state index is 12.5. The van der Waals surface area contributed by atoms with Crippen molar-refractivity contribution in [2.75, 3.05) is 20.3 Å². The van der Waals surface area contributed by atoms with Gasteiger partial charge in [0.2, 0.25) is 5.91 Å². The van der Waals surface area contributed by atoms with Crippen LogP contribution in [0.3, 0.4) is 0 Å². The second-order valence-electron chi connectivity index (χ2n) is 6.50. The van der Waals surface area contributed by atoms with Crippen molar-refractivity contribution in [3.05, 3.63) is 36.5 Å². The molecule has 5 nitrogen and oxygen atoms in total. The first-order chi connectivity index (χ1) is 11.3. The van der Waals surface area contributed by atoms with Crippen molar-refractivity contribution in [2.45, 2.75) is 25.1 Å². The van der Waals surface area contributed by atoms with Gasteiger partial charge in [-0.15, -0.1) is 0 Å². The van der Waals surface area contributed by atoms with E-state index in [1.54, 1.807) is 7.11 Å². The maximum absolute atomic E-state index is 12.5. The standard InChI is InChI=1S/C18H22N2O3/c1-22-11-14-17(13-7-9-23-18(13)14)19-16(21)10-20-8-6-12-4-2-3-5-15(12)20/h2-6,8,13-14,17-18H,7,9-11H2,1H3,(H,19,21)/t13-,14+,17+,18-/m0/s1. The Balaban J connectivity index is 1.43. The Morgan fingerprint density at radius 3 is 3.13 bits per heavy atom. The summed E-state index contributed by atoms with van der Waals surface area (Å²) in [7, 11) is 1.70. The largest absolute Gasteiger partial charge is 0.384 e. The van der Waals surface area contributed by atoms with Crippen LogP contribution in [-0.4, -0.2) is 42.9 Å². The molecule has 0 radical (unpaired) electrons. The van der Waals surface area contributed by atoms with E-state index in [1.807, 2.05) is 35.0 Å². The van der Waals surface area contributed by atoms with E-state index in [-0.39, 0.29) is 24.0 Å². The summed E-state index contributed by atoms with van der Waals surface area (Å²) in [6.07, 6.45) is 3.26. The van der Waals surface area contributed by atoms with Gasteiger partial charge in [0.1, 0.15) is 6.54 Å². The monoisotopic (exact) mass is 314 g/mol. The molecule has 2 aliphatic rings. The maximum Gasteiger partial charge on any atom is 0.240 e. The lowest BCUT2D eigenvalue weighted by Crippen LogP contribution is -2.63. The zero-order valence-corrected chi connectivity index (χ0v) is 13.3. The highest BCUT2D eigenvalue weighted by atomic mass is 16.5.